The van der Waals surface area contributed by atoms with Crippen LogP contribution >= 0.6 is 46.4 Å². The van der Waals surface area contributed by atoms with Gasteiger partial charge >= 0.3 is 11.9 Å². The fraction of sp³-hybridized carbons (Fsp3) is 0. The summed E-state index contributed by atoms with van der Waals surface area (Å²) in [7, 11) is 0. The van der Waals surface area contributed by atoms with Crippen molar-refractivity contribution in [2.75, 3.05) is 5.43 Å². The summed E-state index contributed by atoms with van der Waals surface area (Å²) in [5.41, 5.74) is 2.69. The van der Waals surface area contributed by atoms with Crippen molar-refractivity contribution in [2.45, 2.75) is 0 Å². The van der Waals surface area contributed by atoms with Gasteiger partial charge in [-0.15, -0.1) is 0 Å². The molecule has 6 nitrogen and oxygen atoms in total. The Balaban J connectivity index is 0.000000411. The normalized spacial score (nSPS) is 9.17. The van der Waals surface area contributed by atoms with Crippen LogP contribution in [0.5, 0.6) is 0 Å². The van der Waals surface area contributed by atoms with Crippen molar-refractivity contribution in [2.24, 2.45) is 5.84 Å². The third kappa shape index (κ3) is 4.75. The lowest BCUT2D eigenvalue weighted by Gasteiger charge is -2.08. The Bertz CT molecular complexity index is 469. The fourth-order valence-corrected chi connectivity index (χ4v) is 1.72. The fourth-order valence-electron chi connectivity index (χ4n) is 0.699. The average Bonchev–Trinajstić information content (AvgIpc) is 2.27. The molecule has 0 saturated heterocycles. The number of anilines is 1. The molecule has 0 fully saturated rings. The molecule has 0 bridgehead atoms. The van der Waals surface area contributed by atoms with Gasteiger partial charge in [-0.05, 0) is 6.07 Å². The van der Waals surface area contributed by atoms with Crippen LogP contribution in [0.25, 0.3) is 0 Å². The van der Waals surface area contributed by atoms with E-state index in [0.29, 0.717) is 15.7 Å². The Kier molecular flexibility index (Phi) is 7.12. The minimum absolute atomic E-state index is 0.219. The van der Waals surface area contributed by atoms with E-state index in [1.54, 1.807) is 0 Å². The first-order chi connectivity index (χ1) is 8.22. The van der Waals surface area contributed by atoms with Crippen molar-refractivity contribution < 1.29 is 19.8 Å². The van der Waals surface area contributed by atoms with Crippen molar-refractivity contribution >= 4 is 64.0 Å². The number of hydrogen-bond acceptors (Lipinski definition) is 4. The highest BCUT2D eigenvalue weighted by Crippen LogP contribution is 2.40. The van der Waals surface area contributed by atoms with Crippen LogP contribution in [0.4, 0.5) is 5.69 Å². The van der Waals surface area contributed by atoms with Gasteiger partial charge in [0, 0.05) is 0 Å². The summed E-state index contributed by atoms with van der Waals surface area (Å²) in [5, 5.41) is 15.9. The summed E-state index contributed by atoms with van der Waals surface area (Å²) in [4.78, 5) is 18.2. The molecule has 0 radical (unpaired) electrons. The first-order valence-corrected chi connectivity index (χ1v) is 5.49. The molecule has 0 atom stereocenters. The van der Waals surface area contributed by atoms with Crippen molar-refractivity contribution in [1.82, 2.24) is 0 Å². The molecular formula is C8H6Cl4N2O4. The third-order valence-electron chi connectivity index (χ3n) is 1.44. The Morgan fingerprint density at radius 3 is 1.78 bits per heavy atom. The quantitative estimate of drug-likeness (QED) is 0.206. The lowest BCUT2D eigenvalue weighted by molar-refractivity contribution is -0.159. The molecule has 0 aromatic heterocycles. The first kappa shape index (κ1) is 17.1. The Morgan fingerprint density at radius 2 is 1.44 bits per heavy atom. The van der Waals surface area contributed by atoms with Gasteiger partial charge in [0.25, 0.3) is 0 Å². The van der Waals surface area contributed by atoms with E-state index in [0.717, 1.165) is 0 Å². The molecule has 18 heavy (non-hydrogen) atoms. The summed E-state index contributed by atoms with van der Waals surface area (Å²) in [6.45, 7) is 0. The van der Waals surface area contributed by atoms with Crippen LogP contribution in [0.3, 0.4) is 0 Å². The maximum Gasteiger partial charge on any atom is 0.414 e. The smallest absolute Gasteiger partial charge is 0.414 e. The molecule has 100 valence electrons. The molecule has 1 rings (SSSR count). The van der Waals surface area contributed by atoms with Crippen LogP contribution in [-0.2, 0) is 9.59 Å². The van der Waals surface area contributed by atoms with E-state index in [-0.39, 0.29) is 10.0 Å². The number of nitrogen functional groups attached to an aromatic ring is 1. The first-order valence-electron chi connectivity index (χ1n) is 3.98. The molecule has 0 spiro atoms. The molecule has 1 aromatic rings. The summed E-state index contributed by atoms with van der Waals surface area (Å²) >= 11 is 22.9. The van der Waals surface area contributed by atoms with Crippen molar-refractivity contribution in [3.63, 3.8) is 0 Å². The molecule has 0 heterocycles. The monoisotopic (exact) mass is 334 g/mol. The van der Waals surface area contributed by atoms with Gasteiger partial charge < -0.3 is 15.6 Å². The van der Waals surface area contributed by atoms with Gasteiger partial charge in [0.2, 0.25) is 0 Å². The number of rotatable bonds is 1. The Labute approximate surface area is 121 Å². The van der Waals surface area contributed by atoms with Crippen LogP contribution in [-0.4, -0.2) is 22.2 Å². The number of halogens is 4. The van der Waals surface area contributed by atoms with Gasteiger partial charge in [0.15, 0.2) is 0 Å². The summed E-state index contributed by atoms with van der Waals surface area (Å²) in [5.74, 6) is 1.50. The zero-order chi connectivity index (χ0) is 14.5. The lowest BCUT2D eigenvalue weighted by Crippen LogP contribution is -2.09. The maximum atomic E-state index is 9.10. The van der Waals surface area contributed by atoms with E-state index in [9.17, 15) is 0 Å². The molecule has 0 aliphatic carbocycles. The van der Waals surface area contributed by atoms with Crippen LogP contribution in [0.15, 0.2) is 6.07 Å². The lowest BCUT2D eigenvalue weighted by atomic mass is 10.3. The molecule has 1 aromatic carbocycles. The minimum atomic E-state index is -1.82. The number of carboxylic acid groups (broad SMARTS) is 2. The standard InChI is InChI=1S/C6H4Cl4N2.C2H2O4/c7-2-1-3(8)6(12-11)5(10)4(2)9;3-1(4)2(5)6/h1,12H,11H2;(H,3,4)(H,5,6). The number of aliphatic carboxylic acids is 2. The van der Waals surface area contributed by atoms with Gasteiger partial charge in [-0.25, -0.2) is 9.59 Å². The molecule has 0 aliphatic rings. The number of carbonyl (C=O) groups is 2. The van der Waals surface area contributed by atoms with Crippen LogP contribution in [0.1, 0.15) is 0 Å². The van der Waals surface area contributed by atoms with E-state index in [4.69, 9.17) is 72.0 Å². The Morgan fingerprint density at radius 1 is 1.00 bits per heavy atom. The average molecular weight is 336 g/mol. The third-order valence-corrected chi connectivity index (χ3v) is 3.00. The molecule has 5 N–H and O–H groups in total. The molecule has 0 aliphatic heterocycles. The number of carboxylic acids is 2. The topological polar surface area (TPSA) is 113 Å². The zero-order valence-electron chi connectivity index (χ0n) is 8.38. The van der Waals surface area contributed by atoms with Gasteiger partial charge in [0.05, 0.1) is 25.8 Å². The highest BCUT2D eigenvalue weighted by molar-refractivity contribution is 6.51. The molecule has 0 saturated carbocycles. The second kappa shape index (κ2) is 7.50. The number of nitrogens with one attached hydrogen (secondary N) is 1. The second-order valence-corrected chi connectivity index (χ2v) is 4.17. The zero-order valence-corrected chi connectivity index (χ0v) is 11.4. The van der Waals surface area contributed by atoms with Gasteiger partial charge in [-0.3, -0.25) is 5.84 Å². The van der Waals surface area contributed by atoms with Crippen LogP contribution in [0.2, 0.25) is 20.1 Å². The van der Waals surface area contributed by atoms with Crippen molar-refractivity contribution in [3.8, 4) is 0 Å². The highest BCUT2D eigenvalue weighted by atomic mass is 35.5. The summed E-state index contributed by atoms with van der Waals surface area (Å²) < 4.78 is 0. The highest BCUT2D eigenvalue weighted by Gasteiger charge is 2.12. The van der Waals surface area contributed by atoms with E-state index >= 15 is 0 Å². The van der Waals surface area contributed by atoms with Gasteiger partial charge in [0.1, 0.15) is 0 Å². The number of nitrogens with two attached hydrogens (primary N) is 1. The summed E-state index contributed by atoms with van der Waals surface area (Å²) in [6, 6.07) is 1.46. The number of benzene rings is 1. The van der Waals surface area contributed by atoms with Crippen molar-refractivity contribution in [3.05, 3.63) is 26.2 Å². The predicted octanol–water partition coefficient (Wildman–Crippen LogP) is 2.74. The van der Waals surface area contributed by atoms with E-state index in [1.165, 1.54) is 6.07 Å². The molecular weight excluding hydrogens is 330 g/mol. The SMILES string of the molecule is NNc1c(Cl)cc(Cl)c(Cl)c1Cl.O=C(O)C(=O)O. The Hall–Kier alpha value is -0.920. The number of hydrazine groups is 1. The van der Waals surface area contributed by atoms with Crippen molar-refractivity contribution in [1.29, 1.82) is 0 Å². The van der Waals surface area contributed by atoms with E-state index < -0.39 is 11.9 Å². The second-order valence-electron chi connectivity index (χ2n) is 2.60. The largest absolute Gasteiger partial charge is 0.473 e. The van der Waals surface area contributed by atoms with Crippen LogP contribution < -0.4 is 11.3 Å². The molecule has 0 amide bonds. The summed E-state index contributed by atoms with van der Waals surface area (Å²) in [6.07, 6.45) is 0. The van der Waals surface area contributed by atoms with E-state index in [2.05, 4.69) is 5.43 Å². The molecule has 0 unspecified atom stereocenters. The van der Waals surface area contributed by atoms with E-state index in [1.807, 2.05) is 0 Å². The maximum absolute atomic E-state index is 9.10. The van der Waals surface area contributed by atoms with Gasteiger partial charge in [-0.1, -0.05) is 46.4 Å². The number of hydrogen-bond donors (Lipinski definition) is 4. The van der Waals surface area contributed by atoms with Gasteiger partial charge in [-0.2, -0.15) is 0 Å². The van der Waals surface area contributed by atoms with Crippen LogP contribution in [0, 0.1) is 0 Å². The minimum Gasteiger partial charge on any atom is -0.473 e. The molecule has 10 heteroatoms. The predicted molar refractivity (Wildman–Crippen MR) is 69.6 cm³/mol.